The molecule has 1 aliphatic heterocycles. The molecule has 0 bridgehead atoms. The van der Waals surface area contributed by atoms with Crippen LogP contribution in [0.1, 0.15) is 20.3 Å². The Balaban J connectivity index is 1.60. The van der Waals surface area contributed by atoms with Crippen LogP contribution in [-0.4, -0.2) is 84.4 Å². The number of rotatable bonds is 8. The molecule has 1 aliphatic rings. The zero-order valence-corrected chi connectivity index (χ0v) is 20.2. The van der Waals surface area contributed by atoms with Gasteiger partial charge in [0.15, 0.2) is 5.82 Å². The van der Waals surface area contributed by atoms with Crippen molar-refractivity contribution in [1.82, 2.24) is 25.3 Å². The molecule has 0 saturated carbocycles. The van der Waals surface area contributed by atoms with Crippen LogP contribution >= 0.6 is 0 Å². The number of anilines is 1. The number of aromatic nitrogens is 2. The van der Waals surface area contributed by atoms with E-state index in [0.717, 1.165) is 35.8 Å². The van der Waals surface area contributed by atoms with Crippen molar-refractivity contribution in [3.05, 3.63) is 49.1 Å². The number of benzene rings is 1. The maximum atomic E-state index is 12.9. The summed E-state index contributed by atoms with van der Waals surface area (Å²) in [6, 6.07) is 11.4. The zero-order chi connectivity index (χ0) is 24.5. The maximum absolute atomic E-state index is 12.9. The quantitative estimate of drug-likeness (QED) is 0.602. The zero-order valence-electron chi connectivity index (χ0n) is 20.2. The highest BCUT2D eigenvalue weighted by Gasteiger charge is 2.24. The van der Waals surface area contributed by atoms with E-state index in [-0.39, 0.29) is 24.5 Å². The lowest BCUT2D eigenvalue weighted by atomic mass is 10.1. The van der Waals surface area contributed by atoms with Gasteiger partial charge in [0.1, 0.15) is 12.3 Å². The van der Waals surface area contributed by atoms with Crippen LogP contribution < -0.4 is 15.0 Å². The van der Waals surface area contributed by atoms with Crippen LogP contribution in [0.5, 0.6) is 5.75 Å². The van der Waals surface area contributed by atoms with Crippen LogP contribution in [0, 0.1) is 0 Å². The fraction of sp³-hybridized carbons (Fsp3) is 0.440. The summed E-state index contributed by atoms with van der Waals surface area (Å²) >= 11 is 0. The Morgan fingerprint density at radius 2 is 2.00 bits per heavy atom. The molecule has 3 amide bonds. The van der Waals surface area contributed by atoms with E-state index in [4.69, 9.17) is 4.74 Å². The maximum Gasteiger partial charge on any atom is 0.318 e. The molecule has 34 heavy (non-hydrogen) atoms. The summed E-state index contributed by atoms with van der Waals surface area (Å²) in [5.74, 6) is 1.49. The van der Waals surface area contributed by atoms with Gasteiger partial charge < -0.3 is 24.8 Å². The standard InChI is InChI=1S/C25H34N6O3/c1-5-12-31(25(33)26-19(2)3)18-24(32)30-14-7-13-29(15-16-30)23-11-10-22(27-28-23)20-8-6-9-21(17-20)34-4/h5-6,8-11,17,19H,1,7,12-16,18H2,2-4H3,(H,26,33). The molecule has 1 fully saturated rings. The monoisotopic (exact) mass is 466 g/mol. The van der Waals surface area contributed by atoms with Gasteiger partial charge in [-0.25, -0.2) is 4.79 Å². The normalized spacial score (nSPS) is 13.9. The summed E-state index contributed by atoms with van der Waals surface area (Å²) in [4.78, 5) is 30.8. The Bertz CT molecular complexity index is 979. The fourth-order valence-electron chi connectivity index (χ4n) is 3.80. The second kappa shape index (κ2) is 12.0. The summed E-state index contributed by atoms with van der Waals surface area (Å²) in [7, 11) is 1.64. The predicted octanol–water partition coefficient (Wildman–Crippen LogP) is 2.80. The molecule has 2 aromatic rings. The average Bonchev–Trinajstić information content (AvgIpc) is 3.10. The fourth-order valence-corrected chi connectivity index (χ4v) is 3.80. The first kappa shape index (κ1) is 25.0. The largest absolute Gasteiger partial charge is 0.497 e. The molecule has 0 spiro atoms. The molecule has 182 valence electrons. The number of amides is 3. The molecule has 1 aromatic carbocycles. The Morgan fingerprint density at radius 3 is 2.68 bits per heavy atom. The van der Waals surface area contributed by atoms with Crippen molar-refractivity contribution in [3.63, 3.8) is 0 Å². The van der Waals surface area contributed by atoms with Gasteiger partial charge in [0.25, 0.3) is 0 Å². The first-order chi connectivity index (χ1) is 16.4. The van der Waals surface area contributed by atoms with Crippen molar-refractivity contribution in [2.45, 2.75) is 26.3 Å². The summed E-state index contributed by atoms with van der Waals surface area (Å²) in [5.41, 5.74) is 1.72. The Morgan fingerprint density at radius 1 is 1.18 bits per heavy atom. The van der Waals surface area contributed by atoms with E-state index in [1.807, 2.05) is 55.1 Å². The summed E-state index contributed by atoms with van der Waals surface area (Å²) in [6.45, 7) is 10.5. The van der Waals surface area contributed by atoms with Gasteiger partial charge in [-0.05, 0) is 44.5 Å². The third-order valence-electron chi connectivity index (χ3n) is 5.56. The lowest BCUT2D eigenvalue weighted by Crippen LogP contribution is -2.48. The SMILES string of the molecule is C=CCN(CC(=O)N1CCCN(c2ccc(-c3cccc(OC)c3)nn2)CC1)C(=O)NC(C)C. The van der Waals surface area contributed by atoms with E-state index in [2.05, 4.69) is 27.0 Å². The number of nitrogens with one attached hydrogen (secondary N) is 1. The molecule has 9 nitrogen and oxygen atoms in total. The van der Waals surface area contributed by atoms with Crippen molar-refractivity contribution in [3.8, 4) is 17.0 Å². The third-order valence-corrected chi connectivity index (χ3v) is 5.56. The van der Waals surface area contributed by atoms with Gasteiger partial charge in [-0.2, -0.15) is 0 Å². The number of nitrogens with zero attached hydrogens (tertiary/aromatic N) is 5. The van der Waals surface area contributed by atoms with E-state index in [1.165, 1.54) is 4.90 Å². The van der Waals surface area contributed by atoms with E-state index in [1.54, 1.807) is 13.2 Å². The molecule has 1 saturated heterocycles. The molecule has 0 unspecified atom stereocenters. The van der Waals surface area contributed by atoms with E-state index in [9.17, 15) is 9.59 Å². The number of carbonyl (C=O) groups is 2. The van der Waals surface area contributed by atoms with Gasteiger partial charge in [-0.15, -0.1) is 16.8 Å². The number of hydrogen-bond acceptors (Lipinski definition) is 6. The van der Waals surface area contributed by atoms with Crippen LogP contribution in [0.25, 0.3) is 11.3 Å². The van der Waals surface area contributed by atoms with Gasteiger partial charge in [0.2, 0.25) is 5.91 Å². The first-order valence-corrected chi connectivity index (χ1v) is 11.6. The average molecular weight is 467 g/mol. The van der Waals surface area contributed by atoms with Gasteiger partial charge in [-0.3, -0.25) is 4.79 Å². The van der Waals surface area contributed by atoms with Crippen molar-refractivity contribution in [2.24, 2.45) is 0 Å². The molecule has 1 N–H and O–H groups in total. The smallest absolute Gasteiger partial charge is 0.318 e. The van der Waals surface area contributed by atoms with Crippen LogP contribution in [-0.2, 0) is 4.79 Å². The molecular weight excluding hydrogens is 432 g/mol. The van der Waals surface area contributed by atoms with Gasteiger partial charge in [0, 0.05) is 44.3 Å². The van der Waals surface area contributed by atoms with Gasteiger partial charge in [0.05, 0.1) is 12.8 Å². The number of ether oxygens (including phenoxy) is 1. The van der Waals surface area contributed by atoms with Crippen molar-refractivity contribution < 1.29 is 14.3 Å². The molecule has 0 aliphatic carbocycles. The molecule has 0 radical (unpaired) electrons. The highest BCUT2D eigenvalue weighted by molar-refractivity contribution is 5.84. The molecule has 0 atom stereocenters. The van der Waals surface area contributed by atoms with E-state index >= 15 is 0 Å². The van der Waals surface area contributed by atoms with Crippen LogP contribution in [0.4, 0.5) is 10.6 Å². The summed E-state index contributed by atoms with van der Waals surface area (Å²) < 4.78 is 5.29. The summed E-state index contributed by atoms with van der Waals surface area (Å²) in [6.07, 6.45) is 2.44. The van der Waals surface area contributed by atoms with E-state index < -0.39 is 0 Å². The first-order valence-electron chi connectivity index (χ1n) is 11.6. The highest BCUT2D eigenvalue weighted by atomic mass is 16.5. The van der Waals surface area contributed by atoms with Crippen molar-refractivity contribution in [1.29, 1.82) is 0 Å². The predicted molar refractivity (Wildman–Crippen MR) is 133 cm³/mol. The Kier molecular flexibility index (Phi) is 8.84. The molecule has 9 heteroatoms. The topological polar surface area (TPSA) is 90.9 Å². The number of methoxy groups -OCH3 is 1. The third kappa shape index (κ3) is 6.69. The second-order valence-electron chi connectivity index (χ2n) is 8.50. The van der Waals surface area contributed by atoms with Gasteiger partial charge >= 0.3 is 6.03 Å². The van der Waals surface area contributed by atoms with Crippen molar-refractivity contribution in [2.75, 3.05) is 51.3 Å². The Hall–Kier alpha value is -3.62. The number of hydrogen-bond donors (Lipinski definition) is 1. The van der Waals surface area contributed by atoms with Crippen LogP contribution in [0.2, 0.25) is 0 Å². The molecule has 3 rings (SSSR count). The number of carbonyl (C=O) groups excluding carboxylic acids is 2. The molecule has 2 heterocycles. The minimum Gasteiger partial charge on any atom is -0.497 e. The lowest BCUT2D eigenvalue weighted by molar-refractivity contribution is -0.131. The number of urea groups is 1. The molecule has 1 aromatic heterocycles. The minimum absolute atomic E-state index is 0.00178. The van der Waals surface area contributed by atoms with Crippen LogP contribution in [0.3, 0.4) is 0 Å². The Labute approximate surface area is 201 Å². The van der Waals surface area contributed by atoms with Crippen molar-refractivity contribution >= 4 is 17.8 Å². The lowest BCUT2D eigenvalue weighted by Gasteiger charge is -2.27. The van der Waals surface area contributed by atoms with Crippen LogP contribution in [0.15, 0.2) is 49.1 Å². The molecular formula is C25H34N6O3. The van der Waals surface area contributed by atoms with Gasteiger partial charge in [-0.1, -0.05) is 18.2 Å². The second-order valence-corrected chi connectivity index (χ2v) is 8.50. The summed E-state index contributed by atoms with van der Waals surface area (Å²) in [5, 5.41) is 11.7. The highest BCUT2D eigenvalue weighted by Crippen LogP contribution is 2.23. The minimum atomic E-state index is -0.258. The van der Waals surface area contributed by atoms with E-state index in [0.29, 0.717) is 26.2 Å².